The SMILES string of the molecule is CC(C)(C(=O)Nc1ccncn1)c1ccc(N)cc1. The van der Waals surface area contributed by atoms with Crippen molar-refractivity contribution in [3.63, 3.8) is 0 Å². The summed E-state index contributed by atoms with van der Waals surface area (Å²) in [5.74, 6) is 0.361. The van der Waals surface area contributed by atoms with Gasteiger partial charge in [-0.1, -0.05) is 12.1 Å². The minimum absolute atomic E-state index is 0.129. The van der Waals surface area contributed by atoms with Gasteiger partial charge in [-0.15, -0.1) is 0 Å². The molecule has 98 valence electrons. The molecule has 0 bridgehead atoms. The number of nitrogens with one attached hydrogen (secondary N) is 1. The molecule has 3 N–H and O–H groups in total. The van der Waals surface area contributed by atoms with Gasteiger partial charge in [0.25, 0.3) is 0 Å². The third kappa shape index (κ3) is 2.88. The molecule has 0 aliphatic heterocycles. The number of carbonyl (C=O) groups excluding carboxylic acids is 1. The molecule has 1 aromatic carbocycles. The van der Waals surface area contributed by atoms with Crippen LogP contribution in [0.2, 0.25) is 0 Å². The number of hydrogen-bond donors (Lipinski definition) is 2. The maximum atomic E-state index is 12.3. The molecular formula is C14H16N4O. The Kier molecular flexibility index (Phi) is 3.46. The number of rotatable bonds is 3. The first-order chi connectivity index (χ1) is 9.00. The third-order valence-electron chi connectivity index (χ3n) is 3.02. The Hall–Kier alpha value is -2.43. The molecule has 1 heterocycles. The number of anilines is 2. The fourth-order valence-corrected chi connectivity index (χ4v) is 1.67. The summed E-state index contributed by atoms with van der Waals surface area (Å²) in [6.45, 7) is 3.71. The minimum Gasteiger partial charge on any atom is -0.399 e. The maximum absolute atomic E-state index is 12.3. The summed E-state index contributed by atoms with van der Waals surface area (Å²) in [7, 11) is 0. The molecule has 0 fully saturated rings. The molecule has 0 saturated heterocycles. The Labute approximate surface area is 111 Å². The molecule has 2 rings (SSSR count). The molecule has 0 atom stereocenters. The lowest BCUT2D eigenvalue weighted by molar-refractivity contribution is -0.120. The molecule has 0 radical (unpaired) electrons. The van der Waals surface area contributed by atoms with Crippen molar-refractivity contribution in [3.05, 3.63) is 48.4 Å². The van der Waals surface area contributed by atoms with Gasteiger partial charge in [0.05, 0.1) is 5.41 Å². The Morgan fingerprint density at radius 2 is 1.89 bits per heavy atom. The molecular weight excluding hydrogens is 240 g/mol. The van der Waals surface area contributed by atoms with E-state index in [2.05, 4.69) is 15.3 Å². The summed E-state index contributed by atoms with van der Waals surface area (Å²) in [6, 6.07) is 8.94. The summed E-state index contributed by atoms with van der Waals surface area (Å²) >= 11 is 0. The van der Waals surface area contributed by atoms with Crippen LogP contribution in [-0.4, -0.2) is 15.9 Å². The van der Waals surface area contributed by atoms with Crippen molar-refractivity contribution >= 4 is 17.4 Å². The lowest BCUT2D eigenvalue weighted by Gasteiger charge is -2.24. The van der Waals surface area contributed by atoms with Gasteiger partial charge in [0, 0.05) is 11.9 Å². The van der Waals surface area contributed by atoms with E-state index in [-0.39, 0.29) is 5.91 Å². The van der Waals surface area contributed by atoms with Gasteiger partial charge >= 0.3 is 0 Å². The van der Waals surface area contributed by atoms with E-state index in [4.69, 9.17) is 5.73 Å². The van der Waals surface area contributed by atoms with E-state index in [1.807, 2.05) is 26.0 Å². The van der Waals surface area contributed by atoms with E-state index in [1.165, 1.54) is 6.33 Å². The molecule has 0 aliphatic carbocycles. The highest BCUT2D eigenvalue weighted by Gasteiger charge is 2.29. The second-order valence-corrected chi connectivity index (χ2v) is 4.80. The third-order valence-corrected chi connectivity index (χ3v) is 3.02. The molecule has 0 saturated carbocycles. The van der Waals surface area contributed by atoms with Crippen molar-refractivity contribution < 1.29 is 4.79 Å². The Bertz CT molecular complexity index is 564. The summed E-state index contributed by atoms with van der Waals surface area (Å²) in [4.78, 5) is 20.1. The van der Waals surface area contributed by atoms with Crippen LogP contribution in [0.3, 0.4) is 0 Å². The minimum atomic E-state index is -0.668. The molecule has 5 nitrogen and oxygen atoms in total. The molecule has 1 amide bonds. The van der Waals surface area contributed by atoms with Crippen molar-refractivity contribution in [2.24, 2.45) is 0 Å². The van der Waals surface area contributed by atoms with Crippen LogP contribution >= 0.6 is 0 Å². The van der Waals surface area contributed by atoms with Gasteiger partial charge in [-0.05, 0) is 37.6 Å². The predicted molar refractivity (Wildman–Crippen MR) is 74.5 cm³/mol. The molecule has 1 aromatic heterocycles. The fraction of sp³-hybridized carbons (Fsp3) is 0.214. The van der Waals surface area contributed by atoms with Crippen molar-refractivity contribution in [2.75, 3.05) is 11.1 Å². The molecule has 19 heavy (non-hydrogen) atoms. The van der Waals surface area contributed by atoms with E-state index >= 15 is 0 Å². The standard InChI is InChI=1S/C14H16N4O/c1-14(2,10-3-5-11(15)6-4-10)13(19)18-12-7-8-16-9-17-12/h3-9H,15H2,1-2H3,(H,16,17,18,19). The molecule has 2 aromatic rings. The van der Waals surface area contributed by atoms with Gasteiger partial charge in [0.1, 0.15) is 12.1 Å². The van der Waals surface area contributed by atoms with Gasteiger partial charge in [0.15, 0.2) is 0 Å². The van der Waals surface area contributed by atoms with E-state index in [9.17, 15) is 4.79 Å². The maximum Gasteiger partial charge on any atom is 0.235 e. The average Bonchev–Trinajstić information content (AvgIpc) is 2.40. The van der Waals surface area contributed by atoms with Crippen LogP contribution in [0.15, 0.2) is 42.9 Å². The van der Waals surface area contributed by atoms with Crippen LogP contribution < -0.4 is 11.1 Å². The molecule has 5 heteroatoms. The molecule has 0 spiro atoms. The van der Waals surface area contributed by atoms with Crippen molar-refractivity contribution in [1.29, 1.82) is 0 Å². The average molecular weight is 256 g/mol. The highest BCUT2D eigenvalue weighted by molar-refractivity contribution is 5.97. The van der Waals surface area contributed by atoms with E-state index < -0.39 is 5.41 Å². The quantitative estimate of drug-likeness (QED) is 0.823. The lowest BCUT2D eigenvalue weighted by atomic mass is 9.83. The predicted octanol–water partition coefficient (Wildman–Crippen LogP) is 1.98. The number of benzene rings is 1. The Morgan fingerprint density at radius 3 is 2.47 bits per heavy atom. The number of carbonyl (C=O) groups is 1. The van der Waals surface area contributed by atoms with Crippen LogP contribution in [-0.2, 0) is 10.2 Å². The van der Waals surface area contributed by atoms with E-state index in [0.717, 1.165) is 5.56 Å². The summed E-state index contributed by atoms with van der Waals surface area (Å²) in [6.07, 6.45) is 2.98. The lowest BCUT2D eigenvalue weighted by Crippen LogP contribution is -2.35. The molecule has 0 aliphatic rings. The zero-order chi connectivity index (χ0) is 13.9. The van der Waals surface area contributed by atoms with Crippen molar-refractivity contribution in [3.8, 4) is 0 Å². The number of nitrogens with zero attached hydrogens (tertiary/aromatic N) is 2. The smallest absolute Gasteiger partial charge is 0.235 e. The van der Waals surface area contributed by atoms with Gasteiger partial charge in [0.2, 0.25) is 5.91 Å². The normalized spacial score (nSPS) is 11.1. The van der Waals surface area contributed by atoms with Gasteiger partial charge < -0.3 is 11.1 Å². The zero-order valence-electron chi connectivity index (χ0n) is 10.9. The largest absolute Gasteiger partial charge is 0.399 e. The number of aromatic nitrogens is 2. The van der Waals surface area contributed by atoms with Crippen LogP contribution in [0, 0.1) is 0 Å². The van der Waals surface area contributed by atoms with Crippen molar-refractivity contribution in [2.45, 2.75) is 19.3 Å². The number of amides is 1. The second kappa shape index (κ2) is 5.06. The summed E-state index contributed by atoms with van der Waals surface area (Å²) in [5.41, 5.74) is 6.56. The van der Waals surface area contributed by atoms with E-state index in [1.54, 1.807) is 24.4 Å². The first-order valence-electron chi connectivity index (χ1n) is 5.93. The van der Waals surface area contributed by atoms with Crippen LogP contribution in [0.4, 0.5) is 11.5 Å². The first kappa shape index (κ1) is 13.0. The Morgan fingerprint density at radius 1 is 1.21 bits per heavy atom. The number of nitrogen functional groups attached to an aromatic ring is 1. The second-order valence-electron chi connectivity index (χ2n) is 4.80. The summed E-state index contributed by atoms with van der Waals surface area (Å²) in [5, 5.41) is 2.77. The number of hydrogen-bond acceptors (Lipinski definition) is 4. The zero-order valence-corrected chi connectivity index (χ0v) is 10.9. The van der Waals surface area contributed by atoms with E-state index in [0.29, 0.717) is 11.5 Å². The highest BCUT2D eigenvalue weighted by Crippen LogP contribution is 2.25. The van der Waals surface area contributed by atoms with Crippen LogP contribution in [0.25, 0.3) is 0 Å². The van der Waals surface area contributed by atoms with Gasteiger partial charge in [-0.25, -0.2) is 9.97 Å². The number of nitrogens with two attached hydrogens (primary N) is 1. The fourth-order valence-electron chi connectivity index (χ4n) is 1.67. The highest BCUT2D eigenvalue weighted by atomic mass is 16.2. The van der Waals surface area contributed by atoms with Crippen molar-refractivity contribution in [1.82, 2.24) is 9.97 Å². The first-order valence-corrected chi connectivity index (χ1v) is 5.93. The van der Waals surface area contributed by atoms with Gasteiger partial charge in [-0.3, -0.25) is 4.79 Å². The van der Waals surface area contributed by atoms with Gasteiger partial charge in [-0.2, -0.15) is 0 Å². The monoisotopic (exact) mass is 256 g/mol. The van der Waals surface area contributed by atoms with Crippen LogP contribution in [0.1, 0.15) is 19.4 Å². The topological polar surface area (TPSA) is 80.9 Å². The summed E-state index contributed by atoms with van der Waals surface area (Å²) < 4.78 is 0. The Balaban J connectivity index is 2.19. The molecule has 0 unspecified atom stereocenters. The van der Waals surface area contributed by atoms with Crippen LogP contribution in [0.5, 0.6) is 0 Å².